The van der Waals surface area contributed by atoms with Crippen molar-refractivity contribution < 1.29 is 9.15 Å². The van der Waals surface area contributed by atoms with Gasteiger partial charge in [0, 0.05) is 35.7 Å². The van der Waals surface area contributed by atoms with Gasteiger partial charge in [-0.1, -0.05) is 41.7 Å². The number of hydrogen-bond acceptors (Lipinski definition) is 6. The fourth-order valence-corrected chi connectivity index (χ4v) is 4.95. The van der Waals surface area contributed by atoms with Crippen LogP contribution in [0.25, 0.3) is 32.7 Å². The van der Waals surface area contributed by atoms with Crippen molar-refractivity contribution in [3.05, 3.63) is 65.0 Å². The zero-order valence-corrected chi connectivity index (χ0v) is 16.9. The maximum Gasteiger partial charge on any atom is 0.336 e. The van der Waals surface area contributed by atoms with Crippen LogP contribution in [0.1, 0.15) is 12.8 Å². The molecule has 0 bridgehead atoms. The Morgan fingerprint density at radius 2 is 1.86 bits per heavy atom. The van der Waals surface area contributed by atoms with Gasteiger partial charge < -0.3 is 14.1 Å². The first kappa shape index (κ1) is 17.9. The lowest BCUT2D eigenvalue weighted by molar-refractivity contribution is 0.415. The molecule has 29 heavy (non-hydrogen) atoms. The van der Waals surface area contributed by atoms with Gasteiger partial charge >= 0.3 is 5.63 Å². The van der Waals surface area contributed by atoms with Crippen LogP contribution >= 0.6 is 11.3 Å². The second-order valence-corrected chi connectivity index (χ2v) is 8.05. The molecule has 1 saturated heterocycles. The highest BCUT2D eigenvalue weighted by molar-refractivity contribution is 7.19. The second-order valence-electron chi connectivity index (χ2n) is 7.08. The topological polar surface area (TPSA) is 55.6 Å². The molecule has 2 aromatic carbocycles. The Hall–Kier alpha value is -3.12. The Labute approximate surface area is 172 Å². The van der Waals surface area contributed by atoms with Gasteiger partial charge in [0.15, 0.2) is 5.13 Å². The second kappa shape index (κ2) is 7.37. The third-order valence-electron chi connectivity index (χ3n) is 5.23. The number of rotatable bonds is 4. The Balaban J connectivity index is 1.78. The van der Waals surface area contributed by atoms with Gasteiger partial charge in [0.1, 0.15) is 11.3 Å². The third-order valence-corrected chi connectivity index (χ3v) is 6.38. The van der Waals surface area contributed by atoms with Gasteiger partial charge in [-0.05, 0) is 31.0 Å². The fraction of sp³-hybridized carbons (Fsp3) is 0.217. The zero-order valence-electron chi connectivity index (χ0n) is 16.1. The van der Waals surface area contributed by atoms with E-state index in [1.54, 1.807) is 36.6 Å². The summed E-state index contributed by atoms with van der Waals surface area (Å²) in [5.74, 6) is 0.721. The standard InChI is InChI=1S/C23H20N2O3S/c1-27-16-9-10-19-17(13-16)18(14-20(26)28-19)22-21(15-7-3-2-4-8-15)24-23(29-22)25-11-5-6-12-25/h2-4,7-10,13-14H,5-6,11-12H2,1H3. The van der Waals surface area contributed by atoms with Gasteiger partial charge in [-0.15, -0.1) is 0 Å². The first-order chi connectivity index (χ1) is 14.2. The number of anilines is 1. The van der Waals surface area contributed by atoms with E-state index in [4.69, 9.17) is 14.1 Å². The van der Waals surface area contributed by atoms with E-state index in [1.165, 1.54) is 12.8 Å². The van der Waals surface area contributed by atoms with Crippen LogP contribution in [0.4, 0.5) is 5.13 Å². The molecule has 6 heteroatoms. The Morgan fingerprint density at radius 3 is 2.62 bits per heavy atom. The molecule has 2 aromatic heterocycles. The number of thiazole rings is 1. The summed E-state index contributed by atoms with van der Waals surface area (Å²) in [6.07, 6.45) is 2.37. The number of methoxy groups -OCH3 is 1. The van der Waals surface area contributed by atoms with Crippen molar-refractivity contribution in [2.45, 2.75) is 12.8 Å². The van der Waals surface area contributed by atoms with E-state index in [-0.39, 0.29) is 5.63 Å². The number of ether oxygens (including phenoxy) is 1. The van der Waals surface area contributed by atoms with Crippen LogP contribution in [-0.2, 0) is 0 Å². The minimum atomic E-state index is -0.368. The Morgan fingerprint density at radius 1 is 1.07 bits per heavy atom. The molecule has 146 valence electrons. The lowest BCUT2D eigenvalue weighted by Gasteiger charge is -2.12. The molecule has 0 N–H and O–H groups in total. The molecule has 0 amide bonds. The summed E-state index contributed by atoms with van der Waals surface area (Å²) in [7, 11) is 1.63. The van der Waals surface area contributed by atoms with Crippen molar-refractivity contribution in [2.75, 3.05) is 25.1 Å². The molecule has 5 rings (SSSR count). The van der Waals surface area contributed by atoms with Gasteiger partial charge in [0.25, 0.3) is 0 Å². The van der Waals surface area contributed by atoms with E-state index in [2.05, 4.69) is 17.0 Å². The Bertz CT molecular complexity index is 1220. The molecule has 4 aromatic rings. The minimum Gasteiger partial charge on any atom is -0.497 e. The van der Waals surface area contributed by atoms with E-state index in [9.17, 15) is 4.79 Å². The van der Waals surface area contributed by atoms with E-state index >= 15 is 0 Å². The number of aromatic nitrogens is 1. The molecule has 0 radical (unpaired) electrons. The smallest absolute Gasteiger partial charge is 0.336 e. The summed E-state index contributed by atoms with van der Waals surface area (Å²) < 4.78 is 10.8. The van der Waals surface area contributed by atoms with E-state index in [0.29, 0.717) is 5.58 Å². The largest absolute Gasteiger partial charge is 0.497 e. The highest BCUT2D eigenvalue weighted by Gasteiger charge is 2.23. The normalized spacial score (nSPS) is 13.9. The number of hydrogen-bond donors (Lipinski definition) is 0. The summed E-state index contributed by atoms with van der Waals surface area (Å²) in [5.41, 5.74) is 2.94. The van der Waals surface area contributed by atoms with Crippen molar-refractivity contribution in [2.24, 2.45) is 0 Å². The van der Waals surface area contributed by atoms with Gasteiger partial charge in [-0.3, -0.25) is 0 Å². The van der Waals surface area contributed by atoms with E-state index in [1.807, 2.05) is 24.3 Å². The first-order valence-electron chi connectivity index (χ1n) is 9.66. The summed E-state index contributed by atoms with van der Waals surface area (Å²) in [6.45, 7) is 2.04. The molecule has 1 aliphatic rings. The van der Waals surface area contributed by atoms with Crippen molar-refractivity contribution >= 4 is 27.4 Å². The average molecular weight is 404 g/mol. The maximum absolute atomic E-state index is 12.3. The van der Waals surface area contributed by atoms with Gasteiger partial charge in [-0.25, -0.2) is 9.78 Å². The minimum absolute atomic E-state index is 0.368. The molecule has 0 unspecified atom stereocenters. The van der Waals surface area contributed by atoms with Crippen molar-refractivity contribution in [1.29, 1.82) is 0 Å². The summed E-state index contributed by atoms with van der Waals surface area (Å²) in [6, 6.07) is 17.2. The highest BCUT2D eigenvalue weighted by Crippen LogP contribution is 2.43. The highest BCUT2D eigenvalue weighted by atomic mass is 32.1. The molecule has 0 aliphatic carbocycles. The van der Waals surface area contributed by atoms with Gasteiger partial charge in [0.05, 0.1) is 17.7 Å². The predicted molar refractivity (Wildman–Crippen MR) is 117 cm³/mol. The van der Waals surface area contributed by atoms with Crippen molar-refractivity contribution in [1.82, 2.24) is 4.98 Å². The lowest BCUT2D eigenvalue weighted by Crippen LogP contribution is -2.17. The molecular weight excluding hydrogens is 384 g/mol. The zero-order chi connectivity index (χ0) is 19.8. The molecule has 0 saturated carbocycles. The fourth-order valence-electron chi connectivity index (χ4n) is 3.78. The van der Waals surface area contributed by atoms with Crippen LogP contribution in [0.5, 0.6) is 5.75 Å². The summed E-state index contributed by atoms with van der Waals surface area (Å²) in [4.78, 5) is 20.6. The molecule has 0 spiro atoms. The van der Waals surface area contributed by atoms with E-state index < -0.39 is 0 Å². The molecule has 5 nitrogen and oxygen atoms in total. The SMILES string of the molecule is COc1ccc2oc(=O)cc(-c3sc(N4CCCC4)nc3-c3ccccc3)c2c1. The van der Waals surface area contributed by atoms with Crippen LogP contribution < -0.4 is 15.3 Å². The third kappa shape index (κ3) is 3.29. The van der Waals surface area contributed by atoms with Crippen LogP contribution in [0.15, 0.2) is 63.8 Å². The number of fused-ring (bicyclic) bond motifs is 1. The van der Waals surface area contributed by atoms with E-state index in [0.717, 1.165) is 51.1 Å². The number of benzene rings is 2. The predicted octanol–water partition coefficient (Wildman–Crippen LogP) is 5.19. The lowest BCUT2D eigenvalue weighted by atomic mass is 10.0. The van der Waals surface area contributed by atoms with Crippen LogP contribution in [0.2, 0.25) is 0 Å². The Kier molecular flexibility index (Phi) is 4.56. The molecule has 1 fully saturated rings. The quantitative estimate of drug-likeness (QED) is 0.438. The molecule has 0 atom stereocenters. The van der Waals surface area contributed by atoms with Crippen LogP contribution in [0, 0.1) is 0 Å². The van der Waals surface area contributed by atoms with Crippen LogP contribution in [0.3, 0.4) is 0 Å². The molecule has 3 heterocycles. The first-order valence-corrected chi connectivity index (χ1v) is 10.5. The van der Waals surface area contributed by atoms with Gasteiger partial charge in [0.2, 0.25) is 0 Å². The monoisotopic (exact) mass is 404 g/mol. The number of nitrogens with zero attached hydrogens (tertiary/aromatic N) is 2. The van der Waals surface area contributed by atoms with Gasteiger partial charge in [-0.2, -0.15) is 0 Å². The van der Waals surface area contributed by atoms with Crippen LogP contribution in [-0.4, -0.2) is 25.2 Å². The molecular formula is C23H20N2O3S. The maximum atomic E-state index is 12.3. The van der Waals surface area contributed by atoms with Crippen molar-refractivity contribution in [3.8, 4) is 27.4 Å². The van der Waals surface area contributed by atoms with Crippen molar-refractivity contribution in [3.63, 3.8) is 0 Å². The average Bonchev–Trinajstić information content (AvgIpc) is 3.43. The molecule has 1 aliphatic heterocycles. The summed E-state index contributed by atoms with van der Waals surface area (Å²) >= 11 is 1.64. The summed E-state index contributed by atoms with van der Waals surface area (Å²) in [5, 5.41) is 1.85.